The van der Waals surface area contributed by atoms with Crippen LogP contribution in [0.3, 0.4) is 0 Å². The van der Waals surface area contributed by atoms with Crippen molar-refractivity contribution in [1.29, 1.82) is 0 Å². The lowest BCUT2D eigenvalue weighted by molar-refractivity contribution is 0.414. The summed E-state index contributed by atoms with van der Waals surface area (Å²) in [7, 11) is 1.67. The van der Waals surface area contributed by atoms with Crippen molar-refractivity contribution >= 4 is 23.2 Å². The Labute approximate surface area is 119 Å². The molecule has 0 fully saturated rings. The van der Waals surface area contributed by atoms with Gasteiger partial charge in [0, 0.05) is 4.86 Å². The largest absolute Gasteiger partial charge is 0.497 e. The average molecular weight is 268 g/mol. The summed E-state index contributed by atoms with van der Waals surface area (Å²) in [6, 6.07) is 16.1. The predicted octanol–water partition coefficient (Wildman–Crippen LogP) is 4.44. The third kappa shape index (κ3) is 3.76. The first-order valence-corrected chi connectivity index (χ1v) is 6.53. The second-order valence-corrected chi connectivity index (χ2v) is 4.78. The quantitative estimate of drug-likeness (QED) is 0.461. The van der Waals surface area contributed by atoms with Gasteiger partial charge in [-0.15, -0.1) is 0 Å². The van der Waals surface area contributed by atoms with Crippen LogP contribution in [0.15, 0.2) is 54.6 Å². The van der Waals surface area contributed by atoms with Gasteiger partial charge in [0.25, 0.3) is 0 Å². The summed E-state index contributed by atoms with van der Waals surface area (Å²) in [6.45, 7) is 2.07. The maximum Gasteiger partial charge on any atom is 0.119 e. The molecule has 2 aromatic carbocycles. The van der Waals surface area contributed by atoms with Gasteiger partial charge < -0.3 is 4.74 Å². The van der Waals surface area contributed by atoms with Gasteiger partial charge in [-0.2, -0.15) is 0 Å². The molecule has 0 N–H and O–H groups in total. The van der Waals surface area contributed by atoms with Crippen LogP contribution in [0.1, 0.15) is 16.7 Å². The number of rotatable bonds is 4. The summed E-state index contributed by atoms with van der Waals surface area (Å²) in [5.41, 5.74) is 3.39. The Balaban J connectivity index is 2.13. The Bertz CT molecular complexity index is 597. The second-order valence-electron chi connectivity index (χ2n) is 4.34. The molecule has 19 heavy (non-hydrogen) atoms. The minimum Gasteiger partial charge on any atom is -0.497 e. The van der Waals surface area contributed by atoms with Crippen molar-refractivity contribution in [2.75, 3.05) is 7.11 Å². The molecule has 2 rings (SSSR count). The van der Waals surface area contributed by atoms with Crippen molar-refractivity contribution in [1.82, 2.24) is 0 Å². The van der Waals surface area contributed by atoms with E-state index >= 15 is 0 Å². The maximum atomic E-state index is 5.41. The average Bonchev–Trinajstić information content (AvgIpc) is 2.46. The molecular weight excluding hydrogens is 252 g/mol. The Morgan fingerprint density at radius 1 is 1.11 bits per heavy atom. The molecule has 0 aliphatic rings. The van der Waals surface area contributed by atoms with Crippen molar-refractivity contribution < 1.29 is 4.74 Å². The molecule has 0 radical (unpaired) electrons. The molecule has 0 amide bonds. The summed E-state index contributed by atoms with van der Waals surface area (Å²) in [6.07, 6.45) is 3.96. The molecule has 0 aliphatic heterocycles. The number of thiocarbonyl (C=S) groups is 1. The van der Waals surface area contributed by atoms with Crippen molar-refractivity contribution in [3.63, 3.8) is 0 Å². The number of hydrogen-bond acceptors (Lipinski definition) is 2. The topological polar surface area (TPSA) is 9.23 Å². The molecule has 0 unspecified atom stereocenters. The van der Waals surface area contributed by atoms with Crippen molar-refractivity contribution in [2.45, 2.75) is 6.92 Å². The number of ether oxygens (including phenoxy) is 1. The van der Waals surface area contributed by atoms with Gasteiger partial charge in [0.05, 0.1) is 7.11 Å². The predicted molar refractivity (Wildman–Crippen MR) is 84.9 cm³/mol. The minimum atomic E-state index is 0.836. The lowest BCUT2D eigenvalue weighted by atomic mass is 10.1. The summed E-state index contributed by atoms with van der Waals surface area (Å²) in [5.74, 6) is 0.850. The second kappa shape index (κ2) is 6.30. The number of aryl methyl sites for hydroxylation is 1. The van der Waals surface area contributed by atoms with Gasteiger partial charge >= 0.3 is 0 Å². The van der Waals surface area contributed by atoms with Gasteiger partial charge in [-0.3, -0.25) is 0 Å². The Kier molecular flexibility index (Phi) is 4.48. The zero-order chi connectivity index (χ0) is 13.7. The maximum absolute atomic E-state index is 5.41. The Morgan fingerprint density at radius 3 is 2.53 bits per heavy atom. The minimum absolute atomic E-state index is 0.836. The number of methoxy groups -OCH3 is 1. The highest BCUT2D eigenvalue weighted by atomic mass is 32.1. The van der Waals surface area contributed by atoms with E-state index in [1.54, 1.807) is 7.11 Å². The van der Waals surface area contributed by atoms with Gasteiger partial charge in [0.2, 0.25) is 0 Å². The van der Waals surface area contributed by atoms with E-state index in [9.17, 15) is 0 Å². The van der Waals surface area contributed by atoms with Crippen LogP contribution < -0.4 is 4.74 Å². The molecule has 0 heterocycles. The van der Waals surface area contributed by atoms with Crippen LogP contribution in [-0.2, 0) is 0 Å². The van der Waals surface area contributed by atoms with Crippen LogP contribution in [-0.4, -0.2) is 12.0 Å². The molecule has 0 bridgehead atoms. The highest BCUT2D eigenvalue weighted by Gasteiger charge is 1.97. The lowest BCUT2D eigenvalue weighted by Gasteiger charge is -2.01. The highest BCUT2D eigenvalue weighted by Crippen LogP contribution is 2.14. The van der Waals surface area contributed by atoms with Gasteiger partial charge in [-0.05, 0) is 36.3 Å². The molecule has 0 aliphatic carbocycles. The first-order chi connectivity index (χ1) is 9.19. The van der Waals surface area contributed by atoms with Crippen LogP contribution >= 0.6 is 12.2 Å². The van der Waals surface area contributed by atoms with Crippen LogP contribution in [0, 0.1) is 6.92 Å². The van der Waals surface area contributed by atoms with E-state index in [0.29, 0.717) is 0 Å². The standard InChI is InChI=1S/C17H16OS/c1-13-6-9-15(10-7-13)17(19)11-8-14-4-3-5-16(12-14)18-2/h3-12H,1-2H3. The van der Waals surface area contributed by atoms with E-state index in [2.05, 4.69) is 19.1 Å². The molecule has 0 spiro atoms. The van der Waals surface area contributed by atoms with E-state index in [4.69, 9.17) is 17.0 Å². The fraction of sp³-hybridized carbons (Fsp3) is 0.118. The molecule has 0 saturated heterocycles. The van der Waals surface area contributed by atoms with E-state index < -0.39 is 0 Å². The number of allylic oxidation sites excluding steroid dienone is 1. The van der Waals surface area contributed by atoms with E-state index in [-0.39, 0.29) is 0 Å². The summed E-state index contributed by atoms with van der Waals surface area (Å²) < 4.78 is 5.19. The molecule has 2 heteroatoms. The van der Waals surface area contributed by atoms with Gasteiger partial charge in [0.1, 0.15) is 5.75 Å². The van der Waals surface area contributed by atoms with E-state index in [1.165, 1.54) is 5.56 Å². The van der Waals surface area contributed by atoms with Crippen molar-refractivity contribution in [3.05, 3.63) is 71.3 Å². The first-order valence-electron chi connectivity index (χ1n) is 6.12. The van der Waals surface area contributed by atoms with Crippen molar-refractivity contribution in [3.8, 4) is 5.75 Å². The third-order valence-electron chi connectivity index (χ3n) is 2.86. The summed E-state index contributed by atoms with van der Waals surface area (Å²) >= 11 is 5.41. The van der Waals surface area contributed by atoms with Crippen LogP contribution in [0.25, 0.3) is 6.08 Å². The molecule has 0 saturated carbocycles. The molecular formula is C17H16OS. The van der Waals surface area contributed by atoms with Crippen LogP contribution in [0.2, 0.25) is 0 Å². The SMILES string of the molecule is COc1cccc(C=CC(=S)c2ccc(C)cc2)c1. The normalized spacial score (nSPS) is 10.6. The van der Waals surface area contributed by atoms with Crippen LogP contribution in [0.5, 0.6) is 5.75 Å². The fourth-order valence-electron chi connectivity index (χ4n) is 1.73. The number of hydrogen-bond donors (Lipinski definition) is 0. The first kappa shape index (κ1) is 13.5. The lowest BCUT2D eigenvalue weighted by Crippen LogP contribution is -1.92. The Hall–Kier alpha value is -1.93. The Morgan fingerprint density at radius 2 is 1.84 bits per heavy atom. The van der Waals surface area contributed by atoms with Gasteiger partial charge in [0.15, 0.2) is 0 Å². The summed E-state index contributed by atoms with van der Waals surface area (Å²) in [5, 5.41) is 0. The van der Waals surface area contributed by atoms with Crippen LogP contribution in [0.4, 0.5) is 0 Å². The monoisotopic (exact) mass is 268 g/mol. The van der Waals surface area contributed by atoms with E-state index in [1.807, 2.05) is 48.6 Å². The zero-order valence-electron chi connectivity index (χ0n) is 11.1. The third-order valence-corrected chi connectivity index (χ3v) is 3.23. The molecule has 0 atom stereocenters. The van der Waals surface area contributed by atoms with Gasteiger partial charge in [-0.1, -0.05) is 60.3 Å². The molecule has 0 aromatic heterocycles. The highest BCUT2D eigenvalue weighted by molar-refractivity contribution is 7.81. The smallest absolute Gasteiger partial charge is 0.119 e. The van der Waals surface area contributed by atoms with Gasteiger partial charge in [-0.25, -0.2) is 0 Å². The molecule has 2 aromatic rings. The molecule has 1 nitrogen and oxygen atoms in total. The number of benzene rings is 2. The molecule has 96 valence electrons. The van der Waals surface area contributed by atoms with Crippen molar-refractivity contribution in [2.24, 2.45) is 0 Å². The van der Waals surface area contributed by atoms with E-state index in [0.717, 1.165) is 21.7 Å². The zero-order valence-corrected chi connectivity index (χ0v) is 11.9. The summed E-state index contributed by atoms with van der Waals surface area (Å²) in [4.78, 5) is 0.836. The fourth-order valence-corrected chi connectivity index (χ4v) is 1.94.